The number of hydrogen-bond acceptors (Lipinski definition) is 8. The molecule has 9 nitrogen and oxygen atoms in total. The number of benzene rings is 1. The Hall–Kier alpha value is -2.17. The molecule has 1 amide bonds. The van der Waals surface area contributed by atoms with E-state index in [4.69, 9.17) is 9.47 Å². The quantitative estimate of drug-likeness (QED) is 0.289. The van der Waals surface area contributed by atoms with Crippen LogP contribution in [-0.2, 0) is 14.3 Å². The molecule has 0 aromatic heterocycles. The zero-order chi connectivity index (χ0) is 19.0. The fourth-order valence-electron chi connectivity index (χ4n) is 3.17. The fourth-order valence-corrected chi connectivity index (χ4v) is 3.17. The lowest BCUT2D eigenvalue weighted by Gasteiger charge is -2.41. The Labute approximate surface area is 149 Å². The van der Waals surface area contributed by atoms with Gasteiger partial charge >= 0.3 is 0 Å². The van der Waals surface area contributed by atoms with Crippen LogP contribution < -0.4 is 5.32 Å². The van der Waals surface area contributed by atoms with Gasteiger partial charge in [-0.05, 0) is 30.7 Å². The number of phenolic OH excluding ortho intramolecular Hbond substituents is 2. The fraction of sp³-hybridized carbons (Fsp3) is 0.471. The highest BCUT2D eigenvalue weighted by atomic mass is 16.7. The van der Waals surface area contributed by atoms with Crippen molar-refractivity contribution < 1.29 is 39.8 Å². The molecule has 9 heteroatoms. The molecule has 1 saturated heterocycles. The molecule has 1 heterocycles. The Morgan fingerprint density at radius 2 is 1.73 bits per heavy atom. The van der Waals surface area contributed by atoms with Gasteiger partial charge in [0.15, 0.2) is 11.5 Å². The molecule has 0 radical (unpaired) electrons. The van der Waals surface area contributed by atoms with Gasteiger partial charge in [0.25, 0.3) is 0 Å². The molecule has 6 atom stereocenters. The summed E-state index contributed by atoms with van der Waals surface area (Å²) in [6.07, 6.45) is -4.24. The van der Waals surface area contributed by atoms with E-state index in [-0.39, 0.29) is 23.9 Å². The number of ether oxygens (including phenoxy) is 2. The molecular formula is C17H21NO8. The molecule has 3 rings (SSSR count). The van der Waals surface area contributed by atoms with Crippen LogP contribution in [0.3, 0.4) is 0 Å². The number of aliphatic hydroxyl groups excluding tert-OH is 3. The lowest BCUT2D eigenvalue weighted by molar-refractivity contribution is -0.155. The summed E-state index contributed by atoms with van der Waals surface area (Å²) in [5.74, 6) is -1.18. The largest absolute Gasteiger partial charge is 0.504 e. The molecule has 0 unspecified atom stereocenters. The molecule has 0 spiro atoms. The van der Waals surface area contributed by atoms with E-state index in [0.717, 1.165) is 0 Å². The summed E-state index contributed by atoms with van der Waals surface area (Å²) in [5.41, 5.74) is 0.708. The minimum atomic E-state index is -1.43. The topological polar surface area (TPSA) is 149 Å². The van der Waals surface area contributed by atoms with E-state index < -0.39 is 42.5 Å². The third kappa shape index (κ3) is 3.39. The normalized spacial score (nSPS) is 34.4. The molecular weight excluding hydrogens is 346 g/mol. The Balaban J connectivity index is 1.73. The number of fused-ring (bicyclic) bond motifs is 1. The standard InChI is InChI=1S/C17H21NO8/c1-7(4-8-2-3-9(19)10(20)5-8)17(24)18-11-12(21)14(23)16-15(13(11)22)25-6-26-16/h2-5,11-16,19-23H,6H2,1H3,(H,18,24)/b7-4+/t11-,12+,13-,14-,15+,16-/m1/s1. The highest BCUT2D eigenvalue weighted by Crippen LogP contribution is 2.30. The summed E-state index contributed by atoms with van der Waals surface area (Å²) in [7, 11) is 0. The number of hydrogen-bond donors (Lipinski definition) is 6. The van der Waals surface area contributed by atoms with Gasteiger partial charge in [-0.1, -0.05) is 6.07 Å². The highest BCUT2D eigenvalue weighted by molar-refractivity contribution is 5.97. The summed E-state index contributed by atoms with van der Waals surface area (Å²) >= 11 is 0. The Bertz CT molecular complexity index is 721. The van der Waals surface area contributed by atoms with Gasteiger partial charge in [-0.2, -0.15) is 0 Å². The number of nitrogens with one attached hydrogen (secondary N) is 1. The third-order valence-corrected chi connectivity index (χ3v) is 4.64. The number of amides is 1. The predicted molar refractivity (Wildman–Crippen MR) is 88.0 cm³/mol. The molecule has 2 fully saturated rings. The second-order valence-corrected chi connectivity index (χ2v) is 6.43. The minimum absolute atomic E-state index is 0.111. The summed E-state index contributed by atoms with van der Waals surface area (Å²) in [6, 6.07) is 2.94. The van der Waals surface area contributed by atoms with Gasteiger partial charge in [0.05, 0.1) is 6.04 Å². The van der Waals surface area contributed by atoms with Crippen LogP contribution in [0, 0.1) is 0 Å². The van der Waals surface area contributed by atoms with Gasteiger partial charge in [-0.15, -0.1) is 0 Å². The molecule has 1 aromatic carbocycles. The van der Waals surface area contributed by atoms with Crippen LogP contribution in [0.5, 0.6) is 11.5 Å². The molecule has 2 aliphatic rings. The van der Waals surface area contributed by atoms with E-state index in [2.05, 4.69) is 5.32 Å². The highest BCUT2D eigenvalue weighted by Gasteiger charge is 2.53. The Morgan fingerprint density at radius 3 is 2.38 bits per heavy atom. The first kappa shape index (κ1) is 18.6. The average Bonchev–Trinajstić information content (AvgIpc) is 3.10. The summed E-state index contributed by atoms with van der Waals surface area (Å²) in [4.78, 5) is 12.4. The van der Waals surface area contributed by atoms with Crippen molar-refractivity contribution in [3.63, 3.8) is 0 Å². The Morgan fingerprint density at radius 1 is 1.08 bits per heavy atom. The van der Waals surface area contributed by atoms with Crippen molar-refractivity contribution in [1.82, 2.24) is 5.32 Å². The van der Waals surface area contributed by atoms with Crippen molar-refractivity contribution in [3.8, 4) is 11.5 Å². The van der Waals surface area contributed by atoms with Crippen molar-refractivity contribution in [3.05, 3.63) is 29.3 Å². The van der Waals surface area contributed by atoms with Crippen molar-refractivity contribution in [1.29, 1.82) is 0 Å². The van der Waals surface area contributed by atoms with E-state index in [1.54, 1.807) is 0 Å². The predicted octanol–water partition coefficient (Wildman–Crippen LogP) is -1.18. The maximum absolute atomic E-state index is 12.4. The second-order valence-electron chi connectivity index (χ2n) is 6.43. The van der Waals surface area contributed by atoms with Crippen LogP contribution in [0.4, 0.5) is 0 Å². The third-order valence-electron chi connectivity index (χ3n) is 4.64. The van der Waals surface area contributed by atoms with E-state index in [9.17, 15) is 30.3 Å². The average molecular weight is 367 g/mol. The van der Waals surface area contributed by atoms with Gasteiger partial charge < -0.3 is 40.3 Å². The lowest BCUT2D eigenvalue weighted by Crippen LogP contribution is -2.67. The Kier molecular flexibility index (Phi) is 5.17. The number of aromatic hydroxyl groups is 2. The minimum Gasteiger partial charge on any atom is -0.504 e. The van der Waals surface area contributed by atoms with Crippen molar-refractivity contribution in [2.75, 3.05) is 6.79 Å². The summed E-state index contributed by atoms with van der Waals surface area (Å²) in [5, 5.41) is 51.9. The van der Waals surface area contributed by atoms with Crippen LogP contribution in [0.15, 0.2) is 23.8 Å². The SMILES string of the molecule is C/C(=C\c1ccc(O)c(O)c1)C(=O)N[C@@H]1[C@H](O)[C@@H](O)[C@H]2OCO[C@H]2[C@@H]1O. The molecule has 1 aliphatic carbocycles. The van der Waals surface area contributed by atoms with Gasteiger partial charge in [0.2, 0.25) is 5.91 Å². The number of carbonyl (C=O) groups excluding carboxylic acids is 1. The van der Waals surface area contributed by atoms with E-state index in [0.29, 0.717) is 5.56 Å². The van der Waals surface area contributed by atoms with Crippen LogP contribution in [0.1, 0.15) is 12.5 Å². The molecule has 26 heavy (non-hydrogen) atoms. The maximum atomic E-state index is 12.4. The first-order chi connectivity index (χ1) is 12.3. The van der Waals surface area contributed by atoms with Crippen molar-refractivity contribution in [2.45, 2.75) is 43.5 Å². The molecule has 6 N–H and O–H groups in total. The van der Waals surface area contributed by atoms with Gasteiger partial charge in [0.1, 0.15) is 37.3 Å². The summed E-state index contributed by atoms with van der Waals surface area (Å²) in [6.45, 7) is 1.40. The van der Waals surface area contributed by atoms with Crippen LogP contribution in [0.25, 0.3) is 6.08 Å². The van der Waals surface area contributed by atoms with Gasteiger partial charge in [-0.25, -0.2) is 0 Å². The second kappa shape index (κ2) is 7.22. The number of rotatable bonds is 3. The van der Waals surface area contributed by atoms with E-state index in [1.807, 2.05) is 0 Å². The zero-order valence-corrected chi connectivity index (χ0v) is 13.9. The number of aliphatic hydroxyl groups is 3. The van der Waals surface area contributed by atoms with Gasteiger partial charge in [0, 0.05) is 5.57 Å². The first-order valence-electron chi connectivity index (χ1n) is 8.08. The van der Waals surface area contributed by atoms with Crippen molar-refractivity contribution in [2.24, 2.45) is 0 Å². The van der Waals surface area contributed by atoms with Crippen LogP contribution in [-0.4, -0.2) is 74.8 Å². The zero-order valence-electron chi connectivity index (χ0n) is 13.9. The van der Waals surface area contributed by atoms with Crippen LogP contribution in [0.2, 0.25) is 0 Å². The van der Waals surface area contributed by atoms with Gasteiger partial charge in [-0.3, -0.25) is 4.79 Å². The molecule has 1 aliphatic heterocycles. The molecule has 1 saturated carbocycles. The smallest absolute Gasteiger partial charge is 0.247 e. The van der Waals surface area contributed by atoms with E-state index in [1.165, 1.54) is 31.2 Å². The molecule has 142 valence electrons. The number of carbonyl (C=O) groups is 1. The summed E-state index contributed by atoms with van der Waals surface area (Å²) < 4.78 is 10.4. The lowest BCUT2D eigenvalue weighted by atomic mass is 9.83. The molecule has 1 aromatic rings. The van der Waals surface area contributed by atoms with Crippen LogP contribution >= 0.6 is 0 Å². The maximum Gasteiger partial charge on any atom is 0.247 e. The monoisotopic (exact) mass is 367 g/mol. The van der Waals surface area contributed by atoms with Crippen molar-refractivity contribution >= 4 is 12.0 Å². The molecule has 0 bridgehead atoms. The number of phenols is 2. The first-order valence-corrected chi connectivity index (χ1v) is 8.08. The van der Waals surface area contributed by atoms with E-state index >= 15 is 0 Å².